The summed E-state index contributed by atoms with van der Waals surface area (Å²) in [7, 11) is 6.36. The second kappa shape index (κ2) is 13.4. The first-order valence-corrected chi connectivity index (χ1v) is 9.24. The number of hydrogen-bond acceptors (Lipinski definition) is 7. The van der Waals surface area contributed by atoms with E-state index in [2.05, 4.69) is 20.9 Å². The molecule has 0 fully saturated rings. The number of hydrogen-bond donors (Lipinski definition) is 3. The van der Waals surface area contributed by atoms with Crippen LogP contribution in [0, 0.1) is 10.1 Å². The lowest BCUT2D eigenvalue weighted by Gasteiger charge is -2.16. The molecule has 2 aromatic rings. The van der Waals surface area contributed by atoms with E-state index in [1.165, 1.54) is 6.07 Å². The van der Waals surface area contributed by atoms with Crippen molar-refractivity contribution in [2.24, 2.45) is 4.99 Å². The third-order valence-corrected chi connectivity index (χ3v) is 4.24. The van der Waals surface area contributed by atoms with E-state index >= 15 is 0 Å². The number of nitrogens with one attached hydrogen (secondary N) is 3. The predicted molar refractivity (Wildman–Crippen MR) is 131 cm³/mol. The van der Waals surface area contributed by atoms with Crippen LogP contribution < -0.4 is 30.2 Å². The first kappa shape index (κ1) is 26.1. The summed E-state index contributed by atoms with van der Waals surface area (Å²) in [6.45, 7) is 1.48. The monoisotopic (exact) mass is 545 g/mol. The van der Waals surface area contributed by atoms with Crippen LogP contribution in [0.25, 0.3) is 0 Å². The number of rotatable bonds is 10. The van der Waals surface area contributed by atoms with E-state index in [4.69, 9.17) is 14.2 Å². The zero-order valence-corrected chi connectivity index (χ0v) is 20.3. The minimum Gasteiger partial charge on any atom is -0.493 e. The van der Waals surface area contributed by atoms with Gasteiger partial charge in [0.05, 0.1) is 26.3 Å². The van der Waals surface area contributed by atoms with Crippen LogP contribution >= 0.6 is 24.0 Å². The van der Waals surface area contributed by atoms with Crippen LogP contribution in [0.1, 0.15) is 5.56 Å². The highest BCUT2D eigenvalue weighted by atomic mass is 127. The highest BCUT2D eigenvalue weighted by Gasteiger charge is 2.14. The van der Waals surface area contributed by atoms with Gasteiger partial charge in [0.1, 0.15) is 5.69 Å². The van der Waals surface area contributed by atoms with E-state index in [1.54, 1.807) is 46.6 Å². The van der Waals surface area contributed by atoms with Gasteiger partial charge in [-0.1, -0.05) is 12.1 Å². The van der Waals surface area contributed by atoms with Crippen LogP contribution in [0.2, 0.25) is 0 Å². The van der Waals surface area contributed by atoms with Gasteiger partial charge in [0.2, 0.25) is 5.75 Å². The van der Waals surface area contributed by atoms with Gasteiger partial charge in [0.25, 0.3) is 5.69 Å². The van der Waals surface area contributed by atoms with Crippen molar-refractivity contribution >= 4 is 41.3 Å². The summed E-state index contributed by atoms with van der Waals surface area (Å²) in [5, 5.41) is 20.5. The lowest BCUT2D eigenvalue weighted by Crippen LogP contribution is -2.39. The molecule has 11 heteroatoms. The number of nitrogens with zero attached hydrogens (tertiary/aromatic N) is 2. The van der Waals surface area contributed by atoms with Gasteiger partial charge in [-0.3, -0.25) is 15.1 Å². The molecule has 3 N–H and O–H groups in total. The zero-order chi connectivity index (χ0) is 21.9. The molecule has 0 unspecified atom stereocenters. The van der Waals surface area contributed by atoms with E-state index in [9.17, 15) is 10.1 Å². The SMILES string of the molecule is CN=C(NCCNc1ccccc1[N+](=O)[O-])NCc1cc(OC)c(OC)c(OC)c1.I. The van der Waals surface area contributed by atoms with Gasteiger partial charge in [-0.05, 0) is 23.8 Å². The second-order valence-electron chi connectivity index (χ2n) is 6.09. The zero-order valence-electron chi connectivity index (χ0n) is 17.9. The Bertz CT molecular complexity index is 869. The molecular weight excluding hydrogens is 517 g/mol. The lowest BCUT2D eigenvalue weighted by atomic mass is 10.2. The topological polar surface area (TPSA) is 119 Å². The number of guanidine groups is 1. The Labute approximate surface area is 198 Å². The predicted octanol–water partition coefficient (Wildman–Crippen LogP) is 3.02. The average Bonchev–Trinajstić information content (AvgIpc) is 2.77. The minimum absolute atomic E-state index is 0. The third kappa shape index (κ3) is 7.35. The molecule has 0 spiro atoms. The Morgan fingerprint density at radius 2 is 1.68 bits per heavy atom. The van der Waals surface area contributed by atoms with Gasteiger partial charge in [0.15, 0.2) is 17.5 Å². The smallest absolute Gasteiger partial charge is 0.292 e. The molecular formula is C20H28IN5O5. The summed E-state index contributed by atoms with van der Waals surface area (Å²) in [4.78, 5) is 14.8. The fourth-order valence-electron chi connectivity index (χ4n) is 2.80. The van der Waals surface area contributed by atoms with Crippen LogP contribution in [0.5, 0.6) is 17.2 Å². The van der Waals surface area contributed by atoms with Gasteiger partial charge < -0.3 is 30.2 Å². The molecule has 0 aromatic heterocycles. The molecule has 0 heterocycles. The molecule has 170 valence electrons. The van der Waals surface area contributed by atoms with Gasteiger partial charge in [-0.15, -0.1) is 24.0 Å². The fourth-order valence-corrected chi connectivity index (χ4v) is 2.80. The molecule has 0 saturated heterocycles. The van der Waals surface area contributed by atoms with Crippen molar-refractivity contribution in [2.45, 2.75) is 6.54 Å². The molecule has 0 bridgehead atoms. The van der Waals surface area contributed by atoms with Crippen LogP contribution in [-0.2, 0) is 6.54 Å². The van der Waals surface area contributed by atoms with Crippen LogP contribution in [-0.4, -0.2) is 52.3 Å². The first-order chi connectivity index (χ1) is 14.5. The largest absolute Gasteiger partial charge is 0.493 e. The van der Waals surface area contributed by atoms with Crippen molar-refractivity contribution in [3.63, 3.8) is 0 Å². The van der Waals surface area contributed by atoms with Crippen LogP contribution in [0.4, 0.5) is 11.4 Å². The minimum atomic E-state index is -0.409. The van der Waals surface area contributed by atoms with Crippen molar-refractivity contribution < 1.29 is 19.1 Å². The van der Waals surface area contributed by atoms with Crippen molar-refractivity contribution in [2.75, 3.05) is 46.8 Å². The molecule has 0 atom stereocenters. The number of anilines is 1. The first-order valence-electron chi connectivity index (χ1n) is 9.24. The van der Waals surface area contributed by atoms with Gasteiger partial charge >= 0.3 is 0 Å². The Balaban J connectivity index is 0.00000480. The molecule has 2 rings (SSSR count). The van der Waals surface area contributed by atoms with Crippen LogP contribution in [0.3, 0.4) is 0 Å². The second-order valence-corrected chi connectivity index (χ2v) is 6.09. The van der Waals surface area contributed by atoms with Crippen molar-refractivity contribution in [1.29, 1.82) is 0 Å². The molecule has 0 aliphatic rings. The van der Waals surface area contributed by atoms with Crippen molar-refractivity contribution in [3.8, 4) is 17.2 Å². The quantitative estimate of drug-likeness (QED) is 0.104. The summed E-state index contributed by atoms with van der Waals surface area (Å²) in [6, 6.07) is 10.2. The van der Waals surface area contributed by atoms with E-state index in [0.29, 0.717) is 48.5 Å². The van der Waals surface area contributed by atoms with Gasteiger partial charge in [-0.2, -0.15) is 0 Å². The Morgan fingerprint density at radius 1 is 1.03 bits per heavy atom. The molecule has 0 aliphatic carbocycles. The maximum Gasteiger partial charge on any atom is 0.292 e. The van der Waals surface area contributed by atoms with Gasteiger partial charge in [-0.25, -0.2) is 0 Å². The molecule has 31 heavy (non-hydrogen) atoms. The maximum atomic E-state index is 11.1. The standard InChI is InChI=1S/C20H27N5O5.HI/c1-21-20(23-10-9-22-15-7-5-6-8-16(15)25(26)27)24-13-14-11-17(28-2)19(30-4)18(12-14)29-3;/h5-8,11-12,22H,9-10,13H2,1-4H3,(H2,21,23,24);1H. The van der Waals surface area contributed by atoms with Crippen molar-refractivity contribution in [3.05, 3.63) is 52.1 Å². The molecule has 0 saturated carbocycles. The van der Waals surface area contributed by atoms with Crippen LogP contribution in [0.15, 0.2) is 41.4 Å². The fraction of sp³-hybridized carbons (Fsp3) is 0.350. The van der Waals surface area contributed by atoms with Gasteiger partial charge in [0, 0.05) is 32.7 Å². The lowest BCUT2D eigenvalue weighted by molar-refractivity contribution is -0.384. The molecule has 10 nitrogen and oxygen atoms in total. The van der Waals surface area contributed by atoms with E-state index in [0.717, 1.165) is 5.56 Å². The summed E-state index contributed by atoms with van der Waals surface area (Å²) >= 11 is 0. The highest BCUT2D eigenvalue weighted by molar-refractivity contribution is 14.0. The Kier molecular flexibility index (Phi) is 11.2. The van der Waals surface area contributed by atoms with E-state index in [-0.39, 0.29) is 29.7 Å². The Hall–Kier alpha value is -2.96. The highest BCUT2D eigenvalue weighted by Crippen LogP contribution is 2.38. The number of methoxy groups -OCH3 is 3. The van der Waals surface area contributed by atoms with E-state index in [1.807, 2.05) is 12.1 Å². The summed E-state index contributed by atoms with van der Waals surface area (Å²) < 4.78 is 16.1. The average molecular weight is 545 g/mol. The van der Waals surface area contributed by atoms with Crippen molar-refractivity contribution in [1.82, 2.24) is 10.6 Å². The molecule has 0 radical (unpaired) electrons. The molecule has 2 aromatic carbocycles. The number of aliphatic imine (C=N–C) groups is 1. The summed E-state index contributed by atoms with van der Waals surface area (Å²) in [5.41, 5.74) is 1.44. The molecule has 0 aliphatic heterocycles. The number of nitro benzene ring substituents is 1. The summed E-state index contributed by atoms with van der Waals surface area (Å²) in [6.07, 6.45) is 0. The maximum absolute atomic E-state index is 11.1. The molecule has 0 amide bonds. The number of benzene rings is 2. The Morgan fingerprint density at radius 3 is 2.23 bits per heavy atom. The normalized spacial score (nSPS) is 10.5. The van der Waals surface area contributed by atoms with E-state index < -0.39 is 4.92 Å². The number of ether oxygens (including phenoxy) is 3. The number of para-hydroxylation sites is 2. The number of halogens is 1. The summed E-state index contributed by atoms with van der Waals surface area (Å²) in [5.74, 6) is 2.27. The third-order valence-electron chi connectivity index (χ3n) is 4.24. The number of nitro groups is 1.